The van der Waals surface area contributed by atoms with Gasteiger partial charge in [0.2, 0.25) is 0 Å². The molecular formula is C14H25N3O4. The molecule has 0 bridgehead atoms. The van der Waals surface area contributed by atoms with Gasteiger partial charge in [-0.1, -0.05) is 12.8 Å². The van der Waals surface area contributed by atoms with Crippen LogP contribution in [-0.2, 0) is 9.53 Å². The summed E-state index contributed by atoms with van der Waals surface area (Å²) in [6, 6.07) is -0.575. The fourth-order valence-corrected chi connectivity index (χ4v) is 3.02. The fourth-order valence-electron chi connectivity index (χ4n) is 3.02. The summed E-state index contributed by atoms with van der Waals surface area (Å²) >= 11 is 0. The zero-order chi connectivity index (χ0) is 15.2. The Labute approximate surface area is 125 Å². The molecular weight excluding hydrogens is 274 g/mol. The van der Waals surface area contributed by atoms with Gasteiger partial charge in [-0.3, -0.25) is 0 Å². The van der Waals surface area contributed by atoms with Crippen LogP contribution < -0.4 is 5.32 Å². The van der Waals surface area contributed by atoms with E-state index in [4.69, 9.17) is 9.84 Å². The molecule has 21 heavy (non-hydrogen) atoms. The molecule has 2 rings (SSSR count). The number of aliphatic carboxylic acids is 1. The number of urea groups is 1. The van der Waals surface area contributed by atoms with Gasteiger partial charge in [0.1, 0.15) is 0 Å². The van der Waals surface area contributed by atoms with E-state index >= 15 is 0 Å². The maximum absolute atomic E-state index is 12.1. The van der Waals surface area contributed by atoms with Crippen LogP contribution in [-0.4, -0.2) is 78.9 Å². The Morgan fingerprint density at radius 1 is 1.38 bits per heavy atom. The Morgan fingerprint density at radius 3 is 2.76 bits per heavy atom. The van der Waals surface area contributed by atoms with Crippen LogP contribution in [0.1, 0.15) is 25.7 Å². The minimum Gasteiger partial charge on any atom is -0.480 e. The molecule has 2 fully saturated rings. The SMILES string of the molecule is CN(CCNC(=O)N1CCOCC1C(=O)O)C1CCCC1. The summed E-state index contributed by atoms with van der Waals surface area (Å²) in [6.07, 6.45) is 5.04. The molecule has 120 valence electrons. The molecule has 1 heterocycles. The zero-order valence-electron chi connectivity index (χ0n) is 12.6. The Hall–Kier alpha value is -1.34. The van der Waals surface area contributed by atoms with Crippen LogP contribution in [0.5, 0.6) is 0 Å². The molecule has 2 aliphatic rings. The molecule has 0 aromatic rings. The minimum atomic E-state index is -1.02. The number of rotatable bonds is 5. The largest absolute Gasteiger partial charge is 0.480 e. The van der Waals surface area contributed by atoms with Gasteiger partial charge in [0.05, 0.1) is 13.2 Å². The molecule has 0 radical (unpaired) electrons. The lowest BCUT2D eigenvalue weighted by molar-refractivity contribution is -0.147. The van der Waals surface area contributed by atoms with E-state index in [0.717, 1.165) is 6.54 Å². The normalized spacial score (nSPS) is 23.5. The van der Waals surface area contributed by atoms with Gasteiger partial charge >= 0.3 is 12.0 Å². The van der Waals surface area contributed by atoms with E-state index in [1.165, 1.54) is 30.6 Å². The summed E-state index contributed by atoms with van der Waals surface area (Å²) in [5.41, 5.74) is 0. The number of carboxylic acid groups (broad SMARTS) is 1. The standard InChI is InChI=1S/C14H25N3O4/c1-16(11-4-2-3-5-11)7-6-15-14(20)17-8-9-21-10-12(17)13(18)19/h11-12H,2-10H2,1H3,(H,15,20)(H,18,19). The van der Waals surface area contributed by atoms with Crippen molar-refractivity contribution < 1.29 is 19.4 Å². The van der Waals surface area contributed by atoms with Crippen molar-refractivity contribution in [1.29, 1.82) is 0 Å². The summed E-state index contributed by atoms with van der Waals surface area (Å²) < 4.78 is 5.12. The topological polar surface area (TPSA) is 82.1 Å². The number of hydrogen-bond donors (Lipinski definition) is 2. The van der Waals surface area contributed by atoms with Gasteiger partial charge in [-0.15, -0.1) is 0 Å². The number of hydrogen-bond acceptors (Lipinski definition) is 4. The molecule has 2 N–H and O–H groups in total. The summed E-state index contributed by atoms with van der Waals surface area (Å²) in [4.78, 5) is 26.8. The quantitative estimate of drug-likeness (QED) is 0.766. The van der Waals surface area contributed by atoms with E-state index in [1.807, 2.05) is 0 Å². The highest BCUT2D eigenvalue weighted by atomic mass is 16.5. The summed E-state index contributed by atoms with van der Waals surface area (Å²) in [6.45, 7) is 2.10. The molecule has 0 aromatic carbocycles. The van der Waals surface area contributed by atoms with Gasteiger partial charge in [-0.2, -0.15) is 0 Å². The number of nitrogens with one attached hydrogen (secondary N) is 1. The number of carboxylic acids is 1. The van der Waals surface area contributed by atoms with Crippen LogP contribution in [0.15, 0.2) is 0 Å². The van der Waals surface area contributed by atoms with Gasteiger partial charge in [0.15, 0.2) is 6.04 Å². The number of morpholine rings is 1. The van der Waals surface area contributed by atoms with E-state index in [1.54, 1.807) is 0 Å². The van der Waals surface area contributed by atoms with Gasteiger partial charge in [-0.05, 0) is 19.9 Å². The summed E-state index contributed by atoms with van der Waals surface area (Å²) in [5, 5.41) is 11.9. The van der Waals surface area contributed by atoms with E-state index in [9.17, 15) is 9.59 Å². The van der Waals surface area contributed by atoms with Gasteiger partial charge in [0, 0.05) is 25.7 Å². The first-order valence-electron chi connectivity index (χ1n) is 7.65. The molecule has 2 amide bonds. The van der Waals surface area contributed by atoms with Gasteiger partial charge < -0.3 is 25.0 Å². The fraction of sp³-hybridized carbons (Fsp3) is 0.857. The number of likely N-dealkylation sites (N-methyl/N-ethyl adjacent to an activating group) is 1. The highest BCUT2D eigenvalue weighted by Gasteiger charge is 2.32. The maximum Gasteiger partial charge on any atom is 0.328 e. The van der Waals surface area contributed by atoms with Crippen LogP contribution in [0.4, 0.5) is 4.79 Å². The average molecular weight is 299 g/mol. The Balaban J connectivity index is 1.74. The lowest BCUT2D eigenvalue weighted by Gasteiger charge is -2.33. The molecule has 0 aromatic heterocycles. The summed E-state index contributed by atoms with van der Waals surface area (Å²) in [5.74, 6) is -1.02. The monoisotopic (exact) mass is 299 g/mol. The third-order valence-electron chi connectivity index (χ3n) is 4.36. The highest BCUT2D eigenvalue weighted by molar-refractivity contribution is 5.83. The van der Waals surface area contributed by atoms with Gasteiger partial charge in [0.25, 0.3) is 0 Å². The number of amides is 2. The van der Waals surface area contributed by atoms with Crippen molar-refractivity contribution >= 4 is 12.0 Å². The van der Waals surface area contributed by atoms with Crippen LogP contribution >= 0.6 is 0 Å². The number of nitrogens with zero attached hydrogens (tertiary/aromatic N) is 2. The van der Waals surface area contributed by atoms with E-state index in [2.05, 4.69) is 17.3 Å². The average Bonchev–Trinajstić information content (AvgIpc) is 3.01. The molecule has 1 aliphatic carbocycles. The van der Waals surface area contributed by atoms with E-state index in [-0.39, 0.29) is 12.6 Å². The second kappa shape index (κ2) is 7.61. The first-order chi connectivity index (χ1) is 10.1. The van der Waals surface area contributed by atoms with E-state index < -0.39 is 12.0 Å². The predicted molar refractivity (Wildman–Crippen MR) is 77.2 cm³/mol. The Morgan fingerprint density at radius 2 is 2.10 bits per heavy atom. The third kappa shape index (κ3) is 4.31. The molecule has 1 saturated carbocycles. The summed E-state index contributed by atoms with van der Waals surface area (Å²) in [7, 11) is 2.08. The van der Waals surface area contributed by atoms with Crippen molar-refractivity contribution in [3.63, 3.8) is 0 Å². The molecule has 7 heteroatoms. The van der Waals surface area contributed by atoms with Crippen molar-refractivity contribution in [2.45, 2.75) is 37.8 Å². The first kappa shape index (κ1) is 16.0. The molecule has 1 saturated heterocycles. The van der Waals surface area contributed by atoms with Crippen LogP contribution in [0.25, 0.3) is 0 Å². The van der Waals surface area contributed by atoms with Crippen molar-refractivity contribution in [3.8, 4) is 0 Å². The van der Waals surface area contributed by atoms with Crippen molar-refractivity contribution in [1.82, 2.24) is 15.1 Å². The molecule has 1 atom stereocenters. The second-order valence-electron chi connectivity index (χ2n) is 5.77. The Kier molecular flexibility index (Phi) is 5.81. The number of carbonyl (C=O) groups is 2. The number of carbonyl (C=O) groups excluding carboxylic acids is 1. The maximum atomic E-state index is 12.1. The van der Waals surface area contributed by atoms with Crippen LogP contribution in [0.3, 0.4) is 0 Å². The Bertz CT molecular complexity index is 371. The van der Waals surface area contributed by atoms with Crippen LogP contribution in [0, 0.1) is 0 Å². The molecule has 1 unspecified atom stereocenters. The number of ether oxygens (including phenoxy) is 1. The molecule has 0 spiro atoms. The lowest BCUT2D eigenvalue weighted by atomic mass is 10.2. The zero-order valence-corrected chi connectivity index (χ0v) is 12.6. The van der Waals surface area contributed by atoms with Crippen LogP contribution in [0.2, 0.25) is 0 Å². The second-order valence-corrected chi connectivity index (χ2v) is 5.77. The minimum absolute atomic E-state index is 0.0602. The van der Waals surface area contributed by atoms with Gasteiger partial charge in [-0.25, -0.2) is 9.59 Å². The first-order valence-corrected chi connectivity index (χ1v) is 7.65. The smallest absolute Gasteiger partial charge is 0.328 e. The van der Waals surface area contributed by atoms with Crippen molar-refractivity contribution in [2.75, 3.05) is 39.9 Å². The lowest BCUT2D eigenvalue weighted by Crippen LogP contribution is -2.56. The predicted octanol–water partition coefficient (Wildman–Crippen LogP) is 0.356. The molecule has 1 aliphatic heterocycles. The third-order valence-corrected chi connectivity index (χ3v) is 4.36. The van der Waals surface area contributed by atoms with Crippen molar-refractivity contribution in [2.24, 2.45) is 0 Å². The highest BCUT2D eigenvalue weighted by Crippen LogP contribution is 2.21. The van der Waals surface area contributed by atoms with Crippen molar-refractivity contribution in [3.05, 3.63) is 0 Å². The molecule has 7 nitrogen and oxygen atoms in total. The van der Waals surface area contributed by atoms with E-state index in [0.29, 0.717) is 25.7 Å².